The Morgan fingerprint density at radius 2 is 2.38 bits per heavy atom. The Hall–Kier alpha value is -1.36. The first-order chi connectivity index (χ1) is 7.65. The van der Waals surface area contributed by atoms with Crippen molar-refractivity contribution in [1.82, 2.24) is 14.5 Å². The Bertz CT molecular complexity index is 387. The lowest BCUT2D eigenvalue weighted by atomic mass is 10.1. The molecule has 1 aromatic rings. The summed E-state index contributed by atoms with van der Waals surface area (Å²) in [5, 5.41) is 0. The van der Waals surface area contributed by atoms with Crippen molar-refractivity contribution >= 4 is 5.91 Å². The van der Waals surface area contributed by atoms with Crippen LogP contribution in [0.25, 0.3) is 0 Å². The first-order valence-electron chi connectivity index (χ1n) is 5.67. The highest BCUT2D eigenvalue weighted by Crippen LogP contribution is 2.30. The van der Waals surface area contributed by atoms with Gasteiger partial charge in [0, 0.05) is 38.4 Å². The van der Waals surface area contributed by atoms with Crippen molar-refractivity contribution < 1.29 is 4.79 Å². The van der Waals surface area contributed by atoms with Gasteiger partial charge in [-0.25, -0.2) is 4.98 Å². The van der Waals surface area contributed by atoms with Crippen molar-refractivity contribution in [2.24, 2.45) is 12.8 Å². The van der Waals surface area contributed by atoms with E-state index in [0.29, 0.717) is 6.42 Å². The zero-order valence-corrected chi connectivity index (χ0v) is 9.76. The largest absolute Gasteiger partial charge is 0.336 e. The second kappa shape index (κ2) is 4.25. The van der Waals surface area contributed by atoms with E-state index >= 15 is 0 Å². The molecule has 1 saturated heterocycles. The highest BCUT2D eigenvalue weighted by Gasteiger charge is 2.39. The van der Waals surface area contributed by atoms with Crippen molar-refractivity contribution in [3.8, 4) is 0 Å². The molecule has 2 heterocycles. The minimum Gasteiger partial charge on any atom is -0.336 e. The van der Waals surface area contributed by atoms with E-state index in [0.717, 1.165) is 18.8 Å². The van der Waals surface area contributed by atoms with E-state index < -0.39 is 0 Å². The molecule has 5 heteroatoms. The monoisotopic (exact) mass is 222 g/mol. The summed E-state index contributed by atoms with van der Waals surface area (Å²) in [6.07, 6.45) is 5.00. The molecule has 1 fully saturated rings. The zero-order chi connectivity index (χ0) is 11.7. The summed E-state index contributed by atoms with van der Waals surface area (Å²) < 4.78 is 1.94. The second-order valence-electron chi connectivity index (χ2n) is 4.30. The minimum absolute atomic E-state index is 0.0625. The average molecular weight is 222 g/mol. The molecule has 0 radical (unpaired) electrons. The minimum atomic E-state index is -0.139. The highest BCUT2D eigenvalue weighted by atomic mass is 16.2. The number of imidazole rings is 1. The summed E-state index contributed by atoms with van der Waals surface area (Å²) in [6, 6.07) is -0.201. The molecule has 1 amide bonds. The normalized spacial score (nSPS) is 25.4. The molecule has 5 nitrogen and oxygen atoms in total. The lowest BCUT2D eigenvalue weighted by molar-refractivity contribution is -0.129. The number of aryl methyl sites for hydroxylation is 1. The Morgan fingerprint density at radius 3 is 2.94 bits per heavy atom. The number of carbonyl (C=O) groups excluding carboxylic acids is 1. The maximum atomic E-state index is 11.8. The van der Waals surface area contributed by atoms with Crippen LogP contribution >= 0.6 is 0 Å². The Morgan fingerprint density at radius 1 is 1.62 bits per heavy atom. The molecule has 0 saturated carbocycles. The Kier molecular flexibility index (Phi) is 2.96. The predicted molar refractivity (Wildman–Crippen MR) is 60.5 cm³/mol. The summed E-state index contributed by atoms with van der Waals surface area (Å²) in [7, 11) is 1.93. The van der Waals surface area contributed by atoms with Crippen LogP contribution in [0.5, 0.6) is 0 Å². The fourth-order valence-electron chi connectivity index (χ4n) is 2.31. The van der Waals surface area contributed by atoms with Gasteiger partial charge in [-0.05, 0) is 6.42 Å². The molecule has 2 rings (SSSR count). The van der Waals surface area contributed by atoms with Crippen LogP contribution in [0, 0.1) is 0 Å². The van der Waals surface area contributed by atoms with E-state index in [1.54, 1.807) is 6.20 Å². The van der Waals surface area contributed by atoms with Gasteiger partial charge >= 0.3 is 0 Å². The van der Waals surface area contributed by atoms with Crippen LogP contribution in [0.3, 0.4) is 0 Å². The average Bonchev–Trinajstić information content (AvgIpc) is 2.73. The van der Waals surface area contributed by atoms with E-state index in [2.05, 4.69) is 11.9 Å². The molecule has 1 aliphatic rings. The molecule has 1 aromatic heterocycles. The highest BCUT2D eigenvalue weighted by molar-refractivity contribution is 5.80. The van der Waals surface area contributed by atoms with Crippen molar-refractivity contribution in [3.05, 3.63) is 18.2 Å². The van der Waals surface area contributed by atoms with Crippen molar-refractivity contribution in [3.63, 3.8) is 0 Å². The van der Waals surface area contributed by atoms with Crippen molar-refractivity contribution in [1.29, 1.82) is 0 Å². The summed E-state index contributed by atoms with van der Waals surface area (Å²) in [5.41, 5.74) is 6.03. The summed E-state index contributed by atoms with van der Waals surface area (Å²) in [4.78, 5) is 18.0. The molecule has 0 bridgehead atoms. The van der Waals surface area contributed by atoms with Gasteiger partial charge in [0.05, 0.1) is 0 Å². The van der Waals surface area contributed by atoms with Crippen LogP contribution in [0.4, 0.5) is 0 Å². The maximum absolute atomic E-state index is 11.8. The molecule has 0 spiro atoms. The molecular formula is C11H18N4O. The van der Waals surface area contributed by atoms with Gasteiger partial charge in [-0.2, -0.15) is 0 Å². The van der Waals surface area contributed by atoms with Gasteiger partial charge in [0.1, 0.15) is 11.9 Å². The molecule has 0 aliphatic carbocycles. The lowest BCUT2D eigenvalue weighted by Gasteiger charge is -2.25. The molecule has 0 aromatic carbocycles. The van der Waals surface area contributed by atoms with E-state index in [-0.39, 0.29) is 18.0 Å². The topological polar surface area (TPSA) is 64.2 Å². The van der Waals surface area contributed by atoms with Gasteiger partial charge in [-0.1, -0.05) is 6.92 Å². The molecule has 2 atom stereocenters. The van der Waals surface area contributed by atoms with Gasteiger partial charge in [0.25, 0.3) is 0 Å². The standard InChI is InChI=1S/C11H18N4O/c1-3-5-15-9(16)7-8(12)10(15)11-13-4-6-14(11)2/h4,6,8,10H,3,5,7,12H2,1-2H3/t8-,10-/m0/s1. The SMILES string of the molecule is CCCN1C(=O)C[C@H](N)[C@H]1c1nccn1C. The molecule has 2 N–H and O–H groups in total. The van der Waals surface area contributed by atoms with E-state index in [1.165, 1.54) is 0 Å². The number of hydrogen-bond acceptors (Lipinski definition) is 3. The van der Waals surface area contributed by atoms with Crippen molar-refractivity contribution in [2.45, 2.75) is 31.8 Å². The molecule has 1 aliphatic heterocycles. The number of hydrogen-bond donors (Lipinski definition) is 1. The maximum Gasteiger partial charge on any atom is 0.224 e. The van der Waals surface area contributed by atoms with Crippen LogP contribution in [0.15, 0.2) is 12.4 Å². The number of nitrogens with two attached hydrogens (primary N) is 1. The molecular weight excluding hydrogens is 204 g/mol. The smallest absolute Gasteiger partial charge is 0.224 e. The molecule has 88 valence electrons. The van der Waals surface area contributed by atoms with E-state index in [1.807, 2.05) is 22.7 Å². The van der Waals surface area contributed by atoms with Gasteiger partial charge < -0.3 is 15.2 Å². The van der Waals surface area contributed by atoms with Crippen LogP contribution in [-0.4, -0.2) is 32.9 Å². The van der Waals surface area contributed by atoms with Gasteiger partial charge in [-0.3, -0.25) is 4.79 Å². The first kappa shape index (κ1) is 11.1. The number of rotatable bonds is 3. The van der Waals surface area contributed by atoms with Crippen LogP contribution in [0.1, 0.15) is 31.6 Å². The molecule has 0 unspecified atom stereocenters. The predicted octanol–water partition coefficient (Wildman–Crippen LogP) is 0.431. The first-order valence-corrected chi connectivity index (χ1v) is 5.67. The fraction of sp³-hybridized carbons (Fsp3) is 0.636. The number of likely N-dealkylation sites (tertiary alicyclic amines) is 1. The molecule has 16 heavy (non-hydrogen) atoms. The summed E-state index contributed by atoms with van der Waals surface area (Å²) in [6.45, 7) is 2.82. The summed E-state index contributed by atoms with van der Waals surface area (Å²) >= 11 is 0. The Balaban J connectivity index is 2.30. The van der Waals surface area contributed by atoms with E-state index in [9.17, 15) is 4.79 Å². The third-order valence-corrected chi connectivity index (χ3v) is 3.06. The third-order valence-electron chi connectivity index (χ3n) is 3.06. The quantitative estimate of drug-likeness (QED) is 0.806. The zero-order valence-electron chi connectivity index (χ0n) is 9.76. The number of nitrogens with zero attached hydrogens (tertiary/aromatic N) is 3. The number of amides is 1. The summed E-state index contributed by atoms with van der Waals surface area (Å²) in [5.74, 6) is 1.02. The number of aromatic nitrogens is 2. The fourth-order valence-corrected chi connectivity index (χ4v) is 2.31. The van der Waals surface area contributed by atoms with E-state index in [4.69, 9.17) is 5.73 Å². The van der Waals surface area contributed by atoms with Crippen LogP contribution in [0.2, 0.25) is 0 Å². The lowest BCUT2D eigenvalue weighted by Crippen LogP contribution is -2.35. The van der Waals surface area contributed by atoms with Gasteiger partial charge in [-0.15, -0.1) is 0 Å². The van der Waals surface area contributed by atoms with Crippen LogP contribution in [-0.2, 0) is 11.8 Å². The third kappa shape index (κ3) is 1.71. The van der Waals surface area contributed by atoms with Gasteiger partial charge in [0.15, 0.2) is 0 Å². The second-order valence-corrected chi connectivity index (χ2v) is 4.30. The van der Waals surface area contributed by atoms with Crippen molar-refractivity contribution in [2.75, 3.05) is 6.54 Å². The number of carbonyl (C=O) groups is 1. The van der Waals surface area contributed by atoms with Gasteiger partial charge in [0.2, 0.25) is 5.91 Å². The van der Waals surface area contributed by atoms with Crippen LogP contribution < -0.4 is 5.73 Å². The Labute approximate surface area is 95.2 Å².